The number of hydrogen-bond acceptors (Lipinski definition) is 4. The van der Waals surface area contributed by atoms with E-state index >= 15 is 0 Å². The highest BCUT2D eigenvalue weighted by atomic mass is 19.4. The van der Waals surface area contributed by atoms with E-state index in [9.17, 15) is 13.2 Å². The highest BCUT2D eigenvalue weighted by molar-refractivity contribution is 6.23. The SMILES string of the molecule is Cc1cc(-c2cnc3c(n2)-c2ccccc2C3=NC#N)cc(C(F)(F)F)c1. The van der Waals surface area contributed by atoms with E-state index in [1.165, 1.54) is 6.20 Å². The van der Waals surface area contributed by atoms with Crippen molar-refractivity contribution in [3.8, 4) is 28.7 Å². The summed E-state index contributed by atoms with van der Waals surface area (Å²) in [7, 11) is 0. The fourth-order valence-corrected chi connectivity index (χ4v) is 3.17. The number of aromatic nitrogens is 2. The predicted molar refractivity (Wildman–Crippen MR) is 93.9 cm³/mol. The maximum Gasteiger partial charge on any atom is 0.416 e. The molecule has 0 spiro atoms. The molecule has 1 aromatic heterocycles. The van der Waals surface area contributed by atoms with Gasteiger partial charge in [0.25, 0.3) is 0 Å². The summed E-state index contributed by atoms with van der Waals surface area (Å²) in [6.07, 6.45) is -1.27. The zero-order chi connectivity index (χ0) is 19.2. The Balaban J connectivity index is 1.91. The summed E-state index contributed by atoms with van der Waals surface area (Å²) in [4.78, 5) is 12.7. The minimum absolute atomic E-state index is 0.330. The number of aliphatic imine (C=N–C) groups is 1. The lowest BCUT2D eigenvalue weighted by molar-refractivity contribution is -0.137. The quantitative estimate of drug-likeness (QED) is 0.457. The van der Waals surface area contributed by atoms with Crippen molar-refractivity contribution >= 4 is 5.71 Å². The number of benzene rings is 2. The van der Waals surface area contributed by atoms with Gasteiger partial charge in [0.05, 0.1) is 23.1 Å². The molecule has 4 rings (SSSR count). The molecular weight excluding hydrogens is 353 g/mol. The van der Waals surface area contributed by atoms with Crippen LogP contribution in [0.2, 0.25) is 0 Å². The van der Waals surface area contributed by atoms with Gasteiger partial charge < -0.3 is 0 Å². The normalized spacial score (nSPS) is 14.0. The summed E-state index contributed by atoms with van der Waals surface area (Å²) in [6, 6.07) is 11.1. The lowest BCUT2D eigenvalue weighted by Crippen LogP contribution is -2.06. The number of rotatable bonds is 1. The van der Waals surface area contributed by atoms with Crippen molar-refractivity contribution in [1.29, 1.82) is 5.26 Å². The molecule has 0 N–H and O–H groups in total. The van der Waals surface area contributed by atoms with Crippen molar-refractivity contribution in [3.05, 3.63) is 71.0 Å². The molecule has 0 saturated carbocycles. The van der Waals surface area contributed by atoms with Gasteiger partial charge >= 0.3 is 6.18 Å². The van der Waals surface area contributed by atoms with Gasteiger partial charge in [-0.25, -0.2) is 9.97 Å². The highest BCUT2D eigenvalue weighted by Gasteiger charge is 2.32. The van der Waals surface area contributed by atoms with E-state index in [1.807, 2.05) is 24.3 Å². The first-order valence-corrected chi connectivity index (χ1v) is 8.01. The van der Waals surface area contributed by atoms with Gasteiger partial charge in [-0.15, -0.1) is 0 Å². The number of alkyl halides is 3. The van der Waals surface area contributed by atoms with Crippen LogP contribution in [0.25, 0.3) is 22.5 Å². The third kappa shape index (κ3) is 2.85. The highest BCUT2D eigenvalue weighted by Crippen LogP contribution is 2.37. The van der Waals surface area contributed by atoms with E-state index in [0.717, 1.165) is 23.3 Å². The summed E-state index contributed by atoms with van der Waals surface area (Å²) in [5, 5.41) is 8.96. The Morgan fingerprint density at radius 1 is 1.04 bits per heavy atom. The molecule has 4 nitrogen and oxygen atoms in total. The zero-order valence-corrected chi connectivity index (χ0v) is 14.0. The summed E-state index contributed by atoms with van der Waals surface area (Å²) >= 11 is 0. The van der Waals surface area contributed by atoms with Crippen molar-refractivity contribution in [3.63, 3.8) is 0 Å². The van der Waals surface area contributed by atoms with E-state index < -0.39 is 11.7 Å². The number of aryl methyl sites for hydroxylation is 1. The molecule has 1 aliphatic carbocycles. The molecule has 0 radical (unpaired) electrons. The van der Waals surface area contributed by atoms with Crippen LogP contribution in [0, 0.1) is 18.4 Å². The van der Waals surface area contributed by atoms with Gasteiger partial charge in [0.2, 0.25) is 6.19 Å². The Morgan fingerprint density at radius 2 is 1.78 bits per heavy atom. The molecule has 0 aliphatic heterocycles. The lowest BCUT2D eigenvalue weighted by Gasteiger charge is -2.11. The molecule has 0 amide bonds. The van der Waals surface area contributed by atoms with Crippen LogP contribution in [0.1, 0.15) is 22.4 Å². The van der Waals surface area contributed by atoms with Gasteiger partial charge in [0.1, 0.15) is 11.4 Å². The van der Waals surface area contributed by atoms with Gasteiger partial charge in [0, 0.05) is 16.7 Å². The Labute approximate surface area is 152 Å². The second-order valence-electron chi connectivity index (χ2n) is 6.14. The number of fused-ring (bicyclic) bond motifs is 3. The topological polar surface area (TPSA) is 61.9 Å². The molecule has 3 aromatic rings. The second kappa shape index (κ2) is 6.02. The van der Waals surface area contributed by atoms with Crippen molar-refractivity contribution in [2.75, 3.05) is 0 Å². The Bertz CT molecular complexity index is 1140. The first-order valence-electron chi connectivity index (χ1n) is 8.01. The minimum Gasteiger partial charge on any atom is -0.250 e. The first-order chi connectivity index (χ1) is 12.9. The maximum atomic E-state index is 13.1. The number of nitriles is 1. The van der Waals surface area contributed by atoms with Gasteiger partial charge in [0.15, 0.2) is 0 Å². The van der Waals surface area contributed by atoms with E-state index in [1.54, 1.807) is 19.2 Å². The average molecular weight is 364 g/mol. The first kappa shape index (κ1) is 16.9. The van der Waals surface area contributed by atoms with Crippen LogP contribution in [0.15, 0.2) is 53.7 Å². The molecule has 0 atom stereocenters. The standard InChI is InChI=1S/C20H11F3N4/c1-11-6-12(8-13(7-11)20(21,22)23)16-9-25-19-17(26-10-24)14-4-2-3-5-15(14)18(19)27-16/h2-9H,1H3. The van der Waals surface area contributed by atoms with Crippen molar-refractivity contribution in [2.45, 2.75) is 13.1 Å². The Morgan fingerprint density at radius 3 is 2.48 bits per heavy atom. The number of halogens is 3. The Hall–Kier alpha value is -3.53. The van der Waals surface area contributed by atoms with Gasteiger partial charge in [-0.05, 0) is 30.7 Å². The number of nitrogens with zero attached hydrogens (tertiary/aromatic N) is 4. The van der Waals surface area contributed by atoms with Gasteiger partial charge in [-0.2, -0.15) is 23.4 Å². The van der Waals surface area contributed by atoms with Crippen LogP contribution in [-0.4, -0.2) is 15.7 Å². The van der Waals surface area contributed by atoms with Gasteiger partial charge in [-0.3, -0.25) is 0 Å². The molecule has 0 fully saturated rings. The second-order valence-corrected chi connectivity index (χ2v) is 6.14. The molecule has 2 aromatic carbocycles. The van der Waals surface area contributed by atoms with E-state index in [4.69, 9.17) is 5.26 Å². The average Bonchev–Trinajstić information content (AvgIpc) is 2.94. The molecule has 1 aliphatic rings. The van der Waals surface area contributed by atoms with Gasteiger partial charge in [-0.1, -0.05) is 24.3 Å². The van der Waals surface area contributed by atoms with Crippen LogP contribution >= 0.6 is 0 Å². The predicted octanol–water partition coefficient (Wildman–Crippen LogP) is 4.77. The van der Waals surface area contributed by atoms with Crippen molar-refractivity contribution in [1.82, 2.24) is 9.97 Å². The van der Waals surface area contributed by atoms with E-state index in [2.05, 4.69) is 15.0 Å². The maximum absolute atomic E-state index is 13.1. The summed E-state index contributed by atoms with van der Waals surface area (Å²) in [5.74, 6) is 0. The van der Waals surface area contributed by atoms with E-state index in [-0.39, 0.29) is 0 Å². The fourth-order valence-electron chi connectivity index (χ4n) is 3.17. The van der Waals surface area contributed by atoms with Crippen molar-refractivity contribution in [2.24, 2.45) is 4.99 Å². The smallest absolute Gasteiger partial charge is 0.250 e. The molecular formula is C20H11F3N4. The largest absolute Gasteiger partial charge is 0.416 e. The van der Waals surface area contributed by atoms with Crippen LogP contribution in [0.3, 0.4) is 0 Å². The third-order valence-electron chi connectivity index (χ3n) is 4.30. The molecule has 0 bridgehead atoms. The monoisotopic (exact) mass is 364 g/mol. The summed E-state index contributed by atoms with van der Waals surface area (Å²) in [6.45, 7) is 1.60. The van der Waals surface area contributed by atoms with Crippen LogP contribution in [0.4, 0.5) is 13.2 Å². The molecule has 0 saturated heterocycles. The lowest BCUT2D eigenvalue weighted by atomic mass is 10.0. The third-order valence-corrected chi connectivity index (χ3v) is 4.30. The summed E-state index contributed by atoms with van der Waals surface area (Å²) < 4.78 is 39.4. The molecule has 132 valence electrons. The molecule has 0 unspecified atom stereocenters. The zero-order valence-electron chi connectivity index (χ0n) is 14.0. The van der Waals surface area contributed by atoms with Crippen LogP contribution < -0.4 is 0 Å². The van der Waals surface area contributed by atoms with E-state index in [0.29, 0.717) is 33.9 Å². The minimum atomic E-state index is -4.44. The summed E-state index contributed by atoms with van der Waals surface area (Å²) in [5.41, 5.74) is 3.27. The Kier molecular flexibility index (Phi) is 3.77. The van der Waals surface area contributed by atoms with Crippen LogP contribution in [-0.2, 0) is 6.18 Å². The number of hydrogen-bond donors (Lipinski definition) is 0. The molecule has 1 heterocycles. The fraction of sp³-hybridized carbons (Fsp3) is 0.100. The van der Waals surface area contributed by atoms with Crippen molar-refractivity contribution < 1.29 is 13.2 Å². The molecule has 27 heavy (non-hydrogen) atoms. The van der Waals surface area contributed by atoms with Crippen LogP contribution in [0.5, 0.6) is 0 Å². The molecule has 7 heteroatoms.